The molecule has 2 heterocycles. The molecule has 3 rings (SSSR count). The maximum absolute atomic E-state index is 13.0. The van der Waals surface area contributed by atoms with E-state index in [4.69, 9.17) is 0 Å². The van der Waals surface area contributed by atoms with Crippen LogP contribution in [0.4, 0.5) is 13.2 Å². The van der Waals surface area contributed by atoms with E-state index < -0.39 is 11.7 Å². The number of nitrogens with zero attached hydrogens (tertiary/aromatic N) is 3. The second-order valence-corrected chi connectivity index (χ2v) is 8.57. The van der Waals surface area contributed by atoms with Crippen LogP contribution in [-0.2, 0) is 7.05 Å². The summed E-state index contributed by atoms with van der Waals surface area (Å²) in [4.78, 5) is 20.9. The summed E-state index contributed by atoms with van der Waals surface area (Å²) < 4.78 is 40.9. The summed E-state index contributed by atoms with van der Waals surface area (Å²) in [5.41, 5.74) is -0.400. The summed E-state index contributed by atoms with van der Waals surface area (Å²) in [5, 5.41) is 7.85. The third-order valence-corrected chi connectivity index (χ3v) is 5.95. The molecule has 1 saturated carbocycles. The lowest BCUT2D eigenvalue weighted by atomic mass is 9.89. The van der Waals surface area contributed by atoms with Gasteiger partial charge in [-0.3, -0.25) is 4.79 Å². The first-order chi connectivity index (χ1) is 13.1. The lowest BCUT2D eigenvalue weighted by Gasteiger charge is -2.37. The van der Waals surface area contributed by atoms with Crippen molar-refractivity contribution in [2.24, 2.45) is 7.05 Å². The van der Waals surface area contributed by atoms with Gasteiger partial charge in [0.2, 0.25) is 0 Å². The third-order valence-electron chi connectivity index (χ3n) is 5.11. The van der Waals surface area contributed by atoms with Crippen molar-refractivity contribution in [3.8, 4) is 11.4 Å². The van der Waals surface area contributed by atoms with Crippen molar-refractivity contribution in [3.05, 3.63) is 22.9 Å². The number of imidazole rings is 1. The van der Waals surface area contributed by atoms with Gasteiger partial charge in [0.05, 0.1) is 18.2 Å². The molecular weight excluding hydrogens is 391 g/mol. The summed E-state index contributed by atoms with van der Waals surface area (Å²) in [6, 6.07) is -0.260. The van der Waals surface area contributed by atoms with Gasteiger partial charge in [-0.2, -0.15) is 13.2 Å². The summed E-state index contributed by atoms with van der Waals surface area (Å²) in [6.45, 7) is 2.31. The highest BCUT2D eigenvalue weighted by molar-refractivity contribution is 7.12. The van der Waals surface area contributed by atoms with Gasteiger partial charge in [-0.05, 0) is 39.5 Å². The number of nitrogens with one attached hydrogen (secondary N) is 2. The number of thiazole rings is 1. The Bertz CT molecular complexity index is 821. The van der Waals surface area contributed by atoms with Crippen LogP contribution in [-0.4, -0.2) is 44.2 Å². The number of aryl methyl sites for hydroxylation is 1. The van der Waals surface area contributed by atoms with Gasteiger partial charge in [-0.15, -0.1) is 11.3 Å². The minimum Gasteiger partial charge on any atom is -0.347 e. The Kier molecular flexibility index (Phi) is 5.81. The molecule has 0 bridgehead atoms. The van der Waals surface area contributed by atoms with Gasteiger partial charge in [0.25, 0.3) is 5.91 Å². The van der Waals surface area contributed by atoms with Crippen LogP contribution in [0, 0.1) is 0 Å². The summed E-state index contributed by atoms with van der Waals surface area (Å²) >= 11 is 1.26. The second-order valence-electron chi connectivity index (χ2n) is 7.72. The first kappa shape index (κ1) is 20.8. The molecule has 1 aliphatic carbocycles. The molecule has 0 spiro atoms. The Morgan fingerprint density at radius 2 is 1.86 bits per heavy atom. The number of rotatable bonds is 5. The fourth-order valence-corrected chi connectivity index (χ4v) is 4.03. The van der Waals surface area contributed by atoms with Crippen LogP contribution in [0.25, 0.3) is 11.4 Å². The zero-order chi connectivity index (χ0) is 20.5. The maximum atomic E-state index is 13.0. The Labute approximate surface area is 165 Å². The van der Waals surface area contributed by atoms with E-state index in [9.17, 15) is 18.0 Å². The van der Waals surface area contributed by atoms with E-state index in [1.54, 1.807) is 12.5 Å². The fourth-order valence-electron chi connectivity index (χ4n) is 3.32. The first-order valence-corrected chi connectivity index (χ1v) is 10.0. The van der Waals surface area contributed by atoms with Gasteiger partial charge in [0.15, 0.2) is 5.01 Å². The van der Waals surface area contributed by atoms with Crippen LogP contribution in [0.2, 0.25) is 0 Å². The molecule has 0 unspecified atom stereocenters. The summed E-state index contributed by atoms with van der Waals surface area (Å²) in [7, 11) is 1.86. The van der Waals surface area contributed by atoms with Gasteiger partial charge in [-0.25, -0.2) is 9.97 Å². The summed E-state index contributed by atoms with van der Waals surface area (Å²) in [6.07, 6.45) is 1.50. The van der Waals surface area contributed by atoms with E-state index in [2.05, 4.69) is 20.6 Å². The standard InChI is InChI=1S/C18H24F3N5OS/c1-17(2,18(19,20)21)25-12-6-4-11(5-7-12)23-15(27)16-24-13(9-28-16)14-8-22-10-26(14)3/h8-12,25H,4-7H2,1-3H3,(H,23,27). The molecule has 2 aromatic heterocycles. The van der Waals surface area contributed by atoms with Crippen molar-refractivity contribution >= 4 is 17.2 Å². The molecule has 0 aromatic carbocycles. The Morgan fingerprint density at radius 3 is 2.43 bits per heavy atom. The topological polar surface area (TPSA) is 71.8 Å². The van der Waals surface area contributed by atoms with Gasteiger partial charge >= 0.3 is 6.18 Å². The smallest absolute Gasteiger partial charge is 0.347 e. The highest BCUT2D eigenvalue weighted by Gasteiger charge is 2.48. The van der Waals surface area contributed by atoms with E-state index in [1.807, 2.05) is 17.0 Å². The van der Waals surface area contributed by atoms with Crippen molar-refractivity contribution in [1.82, 2.24) is 25.2 Å². The van der Waals surface area contributed by atoms with Crippen LogP contribution in [0.3, 0.4) is 0 Å². The minimum absolute atomic E-state index is 0.0522. The normalized spacial score (nSPS) is 20.9. The van der Waals surface area contributed by atoms with Crippen molar-refractivity contribution < 1.29 is 18.0 Å². The predicted molar refractivity (Wildman–Crippen MR) is 101 cm³/mol. The Morgan fingerprint density at radius 1 is 1.21 bits per heavy atom. The zero-order valence-corrected chi connectivity index (χ0v) is 16.8. The van der Waals surface area contributed by atoms with Crippen LogP contribution in [0.5, 0.6) is 0 Å². The molecule has 0 saturated heterocycles. The number of carbonyl (C=O) groups is 1. The number of amides is 1. The highest BCUT2D eigenvalue weighted by atomic mass is 32.1. The van der Waals surface area contributed by atoms with Crippen molar-refractivity contribution in [2.45, 2.75) is 63.3 Å². The van der Waals surface area contributed by atoms with Crippen molar-refractivity contribution in [2.75, 3.05) is 0 Å². The van der Waals surface area contributed by atoms with Crippen LogP contribution < -0.4 is 10.6 Å². The largest absolute Gasteiger partial charge is 0.406 e. The number of halogens is 3. The fraction of sp³-hybridized carbons (Fsp3) is 0.611. The van der Waals surface area contributed by atoms with Crippen LogP contribution in [0.1, 0.15) is 49.3 Å². The molecular formula is C18H24F3N5OS. The number of hydrogen-bond acceptors (Lipinski definition) is 5. The highest BCUT2D eigenvalue weighted by Crippen LogP contribution is 2.32. The molecule has 28 heavy (non-hydrogen) atoms. The number of hydrogen-bond donors (Lipinski definition) is 2. The van der Waals surface area contributed by atoms with E-state index in [0.29, 0.717) is 36.4 Å². The molecule has 1 amide bonds. The quantitative estimate of drug-likeness (QED) is 0.784. The Hall–Kier alpha value is -1.94. The van der Waals surface area contributed by atoms with Gasteiger partial charge in [0.1, 0.15) is 11.2 Å². The van der Waals surface area contributed by atoms with Crippen LogP contribution in [0.15, 0.2) is 17.9 Å². The van der Waals surface area contributed by atoms with E-state index >= 15 is 0 Å². The zero-order valence-electron chi connectivity index (χ0n) is 16.0. The lowest BCUT2D eigenvalue weighted by Crippen LogP contribution is -2.57. The van der Waals surface area contributed by atoms with Gasteiger partial charge < -0.3 is 15.2 Å². The minimum atomic E-state index is -4.30. The molecule has 0 aliphatic heterocycles. The number of carbonyl (C=O) groups excluding carboxylic acids is 1. The second kappa shape index (κ2) is 7.82. The monoisotopic (exact) mass is 415 g/mol. The SMILES string of the molecule is Cn1cncc1-c1csc(C(=O)NC2CCC(NC(C)(C)C(F)(F)F)CC2)n1. The number of aromatic nitrogens is 3. The van der Waals surface area contributed by atoms with Gasteiger partial charge in [0, 0.05) is 24.5 Å². The lowest BCUT2D eigenvalue weighted by molar-refractivity contribution is -0.188. The molecule has 10 heteroatoms. The van der Waals surface area contributed by atoms with Crippen molar-refractivity contribution in [3.63, 3.8) is 0 Å². The van der Waals surface area contributed by atoms with E-state index in [0.717, 1.165) is 19.5 Å². The average Bonchev–Trinajstić information content (AvgIpc) is 3.24. The molecule has 1 aliphatic rings. The average molecular weight is 415 g/mol. The van der Waals surface area contributed by atoms with Crippen LogP contribution >= 0.6 is 11.3 Å². The third kappa shape index (κ3) is 4.54. The maximum Gasteiger partial charge on any atom is 0.406 e. The molecule has 154 valence electrons. The molecule has 6 nitrogen and oxygen atoms in total. The Balaban J connectivity index is 1.52. The van der Waals surface area contributed by atoms with E-state index in [1.165, 1.54) is 11.3 Å². The summed E-state index contributed by atoms with van der Waals surface area (Å²) in [5.74, 6) is -0.245. The van der Waals surface area contributed by atoms with Crippen molar-refractivity contribution in [1.29, 1.82) is 0 Å². The van der Waals surface area contributed by atoms with E-state index in [-0.39, 0.29) is 18.0 Å². The predicted octanol–water partition coefficient (Wildman–Crippen LogP) is 3.52. The first-order valence-electron chi connectivity index (χ1n) is 9.14. The molecule has 1 fully saturated rings. The molecule has 2 aromatic rings. The molecule has 0 radical (unpaired) electrons. The molecule has 0 atom stereocenters. The van der Waals surface area contributed by atoms with Gasteiger partial charge in [-0.1, -0.05) is 0 Å². The molecule has 2 N–H and O–H groups in total. The number of alkyl halides is 3.